The molecule has 1 amide bonds. The maximum Gasteiger partial charge on any atom is 0.415 e. The molecule has 1 saturated heterocycles. The third-order valence-electron chi connectivity index (χ3n) is 12.1. The second-order valence-corrected chi connectivity index (χ2v) is 16.0. The van der Waals surface area contributed by atoms with Crippen LogP contribution >= 0.6 is 0 Å². The van der Waals surface area contributed by atoms with Gasteiger partial charge in [0.15, 0.2) is 0 Å². The number of aliphatic hydroxyl groups is 2. The zero-order chi connectivity index (χ0) is 42.1. The minimum Gasteiger partial charge on any atom is -0.492 e. The summed E-state index contributed by atoms with van der Waals surface area (Å²) < 4.78 is 26.3. The highest BCUT2D eigenvalue weighted by Crippen LogP contribution is 2.61. The Bertz CT molecular complexity index is 2010. The molecule has 0 bridgehead atoms. The lowest BCUT2D eigenvalue weighted by molar-refractivity contribution is -0.384. The van der Waals surface area contributed by atoms with Gasteiger partial charge in [-0.1, -0.05) is 60.5 Å². The van der Waals surface area contributed by atoms with E-state index in [9.17, 15) is 25.1 Å². The van der Waals surface area contributed by atoms with Crippen molar-refractivity contribution in [3.63, 3.8) is 0 Å². The lowest BCUT2D eigenvalue weighted by Gasteiger charge is -2.59. The lowest BCUT2D eigenvalue weighted by Crippen LogP contribution is -2.69. The number of rotatable bonds is 21. The van der Waals surface area contributed by atoms with Crippen LogP contribution in [0.3, 0.4) is 0 Å². The summed E-state index contributed by atoms with van der Waals surface area (Å²) >= 11 is 0. The van der Waals surface area contributed by atoms with Crippen molar-refractivity contribution in [1.29, 1.82) is 0 Å². The van der Waals surface area contributed by atoms with Crippen LogP contribution in [0, 0.1) is 27.9 Å². The quantitative estimate of drug-likeness (QED) is 0.0365. The first-order valence-corrected chi connectivity index (χ1v) is 21.0. The van der Waals surface area contributed by atoms with E-state index in [2.05, 4.69) is 23.6 Å². The molecule has 7 rings (SSSR count). The Kier molecular flexibility index (Phi) is 14.2. The van der Waals surface area contributed by atoms with Gasteiger partial charge in [0.25, 0.3) is 5.69 Å². The number of aliphatic hydroxyl groups excluding tert-OH is 2. The zero-order valence-electron chi connectivity index (χ0n) is 34.2. The molecule has 0 spiro atoms. The third-order valence-corrected chi connectivity index (χ3v) is 12.1. The first kappa shape index (κ1) is 42.8. The van der Waals surface area contributed by atoms with Gasteiger partial charge in [-0.05, 0) is 79.0 Å². The normalized spacial score (nSPS) is 24.6. The molecule has 0 radical (unpaired) electrons. The fraction of sp³-hybridized carbons (Fsp3) is 0.478. The molecule has 6 atom stereocenters. The van der Waals surface area contributed by atoms with Gasteiger partial charge in [0.05, 0.1) is 23.2 Å². The van der Waals surface area contributed by atoms with Crippen LogP contribution in [0.2, 0.25) is 0 Å². The molecule has 2 aliphatic carbocycles. The highest BCUT2D eigenvalue weighted by atomic mass is 16.7. The fourth-order valence-electron chi connectivity index (χ4n) is 9.10. The molecule has 4 aliphatic rings. The van der Waals surface area contributed by atoms with Gasteiger partial charge < -0.3 is 38.9 Å². The van der Waals surface area contributed by atoms with Crippen molar-refractivity contribution < 1.29 is 43.7 Å². The SMILES string of the molecule is C=CCOC12Oc3ccc(OCCN4CC4)cc3C3C(CCCCO)C(CCCCO)C=C(C(=NOCc4ccccc4)CC1N(C)C(=O)Oc1ccc([N+](=O)[O-])cc1)C32. The summed E-state index contributed by atoms with van der Waals surface area (Å²) in [5.41, 5.74) is 3.35. The predicted octanol–water partition coefficient (Wildman–Crippen LogP) is 7.25. The summed E-state index contributed by atoms with van der Waals surface area (Å²) in [4.78, 5) is 35.0. The molecule has 14 heteroatoms. The van der Waals surface area contributed by atoms with Crippen molar-refractivity contribution in [3.05, 3.63) is 118 Å². The Balaban J connectivity index is 1.36. The Labute approximate surface area is 351 Å². The fourth-order valence-corrected chi connectivity index (χ4v) is 9.10. The molecule has 320 valence electrons. The summed E-state index contributed by atoms with van der Waals surface area (Å²) in [6.45, 7) is 8.05. The van der Waals surface area contributed by atoms with E-state index in [1.54, 1.807) is 13.1 Å². The number of nitro benzene ring substituents is 1. The van der Waals surface area contributed by atoms with Crippen LogP contribution in [0.25, 0.3) is 0 Å². The average Bonchev–Trinajstić information content (AvgIpc) is 4.09. The molecular formula is C46H56N4O10. The molecule has 6 unspecified atom stereocenters. The van der Waals surface area contributed by atoms with Crippen LogP contribution in [0.1, 0.15) is 62.0 Å². The molecule has 14 nitrogen and oxygen atoms in total. The van der Waals surface area contributed by atoms with Gasteiger partial charge in [0.2, 0.25) is 5.79 Å². The first-order valence-electron chi connectivity index (χ1n) is 21.0. The Hall–Kier alpha value is -5.28. The number of nitro groups is 1. The first-order chi connectivity index (χ1) is 29.3. The van der Waals surface area contributed by atoms with Crippen LogP contribution in [0.5, 0.6) is 17.2 Å². The number of oxime groups is 1. The topological polar surface area (TPSA) is 165 Å². The van der Waals surface area contributed by atoms with Crippen molar-refractivity contribution >= 4 is 17.5 Å². The van der Waals surface area contributed by atoms with Gasteiger partial charge in [-0.2, -0.15) is 0 Å². The average molecular weight is 825 g/mol. The van der Waals surface area contributed by atoms with Gasteiger partial charge in [0, 0.05) is 69.9 Å². The monoisotopic (exact) mass is 824 g/mol. The van der Waals surface area contributed by atoms with Gasteiger partial charge in [0.1, 0.15) is 36.5 Å². The number of carbonyl (C=O) groups is 1. The molecule has 2 fully saturated rings. The number of fused-ring (bicyclic) bond motifs is 2. The van der Waals surface area contributed by atoms with Gasteiger partial charge in [-0.3, -0.25) is 15.0 Å². The van der Waals surface area contributed by atoms with E-state index in [1.807, 2.05) is 42.5 Å². The molecule has 1 saturated carbocycles. The van der Waals surface area contributed by atoms with Gasteiger partial charge >= 0.3 is 6.09 Å². The Morgan fingerprint density at radius 2 is 1.77 bits per heavy atom. The molecule has 3 aromatic rings. The summed E-state index contributed by atoms with van der Waals surface area (Å²) in [5, 5.41) is 35.9. The lowest BCUT2D eigenvalue weighted by atomic mass is 9.55. The third kappa shape index (κ3) is 9.68. The largest absolute Gasteiger partial charge is 0.492 e. The maximum absolute atomic E-state index is 14.2. The summed E-state index contributed by atoms with van der Waals surface area (Å²) in [6.07, 6.45) is 7.96. The van der Waals surface area contributed by atoms with Crippen LogP contribution in [0.4, 0.5) is 10.5 Å². The van der Waals surface area contributed by atoms with Crippen molar-refractivity contribution in [2.24, 2.45) is 22.9 Å². The highest BCUT2D eigenvalue weighted by molar-refractivity contribution is 6.03. The molecule has 2 heterocycles. The smallest absolute Gasteiger partial charge is 0.415 e. The van der Waals surface area contributed by atoms with E-state index in [-0.39, 0.29) is 62.0 Å². The number of nitrogens with zero attached hydrogens (tertiary/aromatic N) is 4. The molecule has 0 aromatic heterocycles. The molecule has 2 aliphatic heterocycles. The predicted molar refractivity (Wildman–Crippen MR) is 225 cm³/mol. The van der Waals surface area contributed by atoms with E-state index >= 15 is 0 Å². The van der Waals surface area contributed by atoms with Crippen LogP contribution in [0.15, 0.2) is 102 Å². The number of unbranched alkanes of at least 4 members (excludes halogenated alkanes) is 2. The molecule has 3 aromatic carbocycles. The number of benzene rings is 3. The van der Waals surface area contributed by atoms with E-state index in [0.717, 1.165) is 67.8 Å². The maximum atomic E-state index is 14.2. The number of carbonyl (C=O) groups excluding carboxylic acids is 1. The van der Waals surface area contributed by atoms with Crippen LogP contribution in [-0.4, -0.2) is 102 Å². The van der Waals surface area contributed by atoms with Crippen molar-refractivity contribution in [2.75, 3.05) is 53.1 Å². The summed E-state index contributed by atoms with van der Waals surface area (Å²) in [5.74, 6) is -0.572. The minimum absolute atomic E-state index is 0.0498. The van der Waals surface area contributed by atoms with Gasteiger partial charge in [-0.25, -0.2) is 4.79 Å². The van der Waals surface area contributed by atoms with E-state index in [1.165, 1.54) is 29.2 Å². The number of amides is 1. The number of likely N-dealkylation sites (N-methyl/N-ethyl adjacent to an activating group) is 1. The van der Waals surface area contributed by atoms with E-state index in [0.29, 0.717) is 30.9 Å². The van der Waals surface area contributed by atoms with Crippen LogP contribution < -0.4 is 14.2 Å². The number of hydrogen-bond acceptors (Lipinski definition) is 12. The summed E-state index contributed by atoms with van der Waals surface area (Å²) in [7, 11) is 1.63. The number of non-ortho nitro benzene ring substituents is 1. The number of ether oxygens (including phenoxy) is 4. The van der Waals surface area contributed by atoms with Crippen LogP contribution in [-0.2, 0) is 16.2 Å². The molecule has 2 N–H and O–H groups in total. The second kappa shape index (κ2) is 19.9. The van der Waals surface area contributed by atoms with Gasteiger partial charge in [-0.15, -0.1) is 6.58 Å². The summed E-state index contributed by atoms with van der Waals surface area (Å²) in [6, 6.07) is 20.2. The van der Waals surface area contributed by atoms with E-state index < -0.39 is 28.8 Å². The molecule has 60 heavy (non-hydrogen) atoms. The molecular weight excluding hydrogens is 769 g/mol. The van der Waals surface area contributed by atoms with Crippen molar-refractivity contribution in [2.45, 2.75) is 69.3 Å². The van der Waals surface area contributed by atoms with Crippen molar-refractivity contribution in [1.82, 2.24) is 9.80 Å². The highest BCUT2D eigenvalue weighted by Gasteiger charge is 2.65. The minimum atomic E-state index is -1.47. The zero-order valence-corrected chi connectivity index (χ0v) is 34.2. The number of allylic oxidation sites excluding steroid dienone is 1. The Morgan fingerprint density at radius 3 is 2.47 bits per heavy atom. The Morgan fingerprint density at radius 1 is 1.03 bits per heavy atom. The van der Waals surface area contributed by atoms with E-state index in [4.69, 9.17) is 28.9 Å². The van der Waals surface area contributed by atoms with Crippen molar-refractivity contribution in [3.8, 4) is 17.2 Å². The standard InChI is InChI=1S/C46H56N4O10/c1-3-26-57-46-42(48(2)45(53)59-35-17-15-34(16-18-35)50(54)55)30-40(47-58-31-32-11-5-4-6-12-32)38-28-33(13-7-9-24-51)37(14-8-10-25-52)43(44(38)46)39-29-36(19-20-41(39)60-46)56-27-23-49-21-22-49/h3-6,11-12,15-20,28-29,33,37,42-44,51-52H,1,7-10,13-14,21-27,30-31H2,2H3. The second-order valence-electron chi connectivity index (χ2n) is 16.0. The number of hydrogen-bond donors (Lipinski definition) is 2.